The van der Waals surface area contributed by atoms with Gasteiger partial charge in [0, 0.05) is 11.2 Å². The Morgan fingerprint density at radius 2 is 2.10 bits per heavy atom. The van der Waals surface area contributed by atoms with Crippen molar-refractivity contribution in [2.24, 2.45) is 5.73 Å². The van der Waals surface area contributed by atoms with Crippen molar-refractivity contribution in [1.29, 1.82) is 0 Å². The van der Waals surface area contributed by atoms with Crippen LogP contribution in [0.1, 0.15) is 39.2 Å². The molecule has 4 N–H and O–H groups in total. The lowest BCUT2D eigenvalue weighted by Crippen LogP contribution is -2.51. The van der Waals surface area contributed by atoms with Crippen LogP contribution in [-0.4, -0.2) is 22.9 Å². The molecule has 1 aromatic carbocycles. The summed E-state index contributed by atoms with van der Waals surface area (Å²) in [7, 11) is 0. The third kappa shape index (κ3) is 3.49. The molecule has 110 valence electrons. The number of amides is 1. The van der Waals surface area contributed by atoms with E-state index in [0.29, 0.717) is 18.5 Å². The molecule has 0 heterocycles. The SMILES string of the molecule is CC(C)(C)OC(=O)Nc1cccc(C2(N)CC(O)C2)c1. The lowest BCUT2D eigenvalue weighted by atomic mass is 9.70. The summed E-state index contributed by atoms with van der Waals surface area (Å²) in [5, 5.41) is 12.1. The van der Waals surface area contributed by atoms with Crippen molar-refractivity contribution in [1.82, 2.24) is 0 Å². The number of nitrogens with two attached hydrogens (primary N) is 1. The molecule has 5 nitrogen and oxygen atoms in total. The third-order valence-corrected chi connectivity index (χ3v) is 3.28. The van der Waals surface area contributed by atoms with Crippen molar-refractivity contribution in [2.45, 2.75) is 50.9 Å². The Hall–Kier alpha value is -1.59. The van der Waals surface area contributed by atoms with Crippen LogP contribution in [0.3, 0.4) is 0 Å². The molecule has 20 heavy (non-hydrogen) atoms. The summed E-state index contributed by atoms with van der Waals surface area (Å²) < 4.78 is 5.20. The molecule has 2 rings (SSSR count). The predicted octanol–water partition coefficient (Wildman–Crippen LogP) is 2.34. The van der Waals surface area contributed by atoms with Crippen LogP contribution in [0.5, 0.6) is 0 Å². The minimum atomic E-state index is -0.533. The summed E-state index contributed by atoms with van der Waals surface area (Å²) in [6, 6.07) is 7.36. The zero-order valence-corrected chi connectivity index (χ0v) is 12.1. The molecule has 1 aliphatic carbocycles. The van der Waals surface area contributed by atoms with Gasteiger partial charge in [-0.3, -0.25) is 5.32 Å². The normalized spacial score (nSPS) is 25.8. The Bertz CT molecular complexity index is 502. The zero-order valence-electron chi connectivity index (χ0n) is 12.1. The standard InChI is InChI=1S/C15H22N2O3/c1-14(2,3)20-13(19)17-11-6-4-5-10(7-11)15(16)8-12(18)9-15/h4-7,12,18H,8-9,16H2,1-3H3,(H,17,19). The first-order chi connectivity index (χ1) is 9.18. The van der Waals surface area contributed by atoms with E-state index < -0.39 is 17.2 Å². The van der Waals surface area contributed by atoms with Crippen LogP contribution in [0.2, 0.25) is 0 Å². The van der Waals surface area contributed by atoms with Crippen molar-refractivity contribution in [3.63, 3.8) is 0 Å². The fourth-order valence-corrected chi connectivity index (χ4v) is 2.34. The number of aliphatic hydroxyl groups excluding tert-OH is 1. The highest BCUT2D eigenvalue weighted by molar-refractivity contribution is 5.85. The zero-order chi connectivity index (χ0) is 15.0. The molecule has 0 radical (unpaired) electrons. The molecule has 5 heteroatoms. The van der Waals surface area contributed by atoms with E-state index in [2.05, 4.69) is 5.32 Å². The summed E-state index contributed by atoms with van der Waals surface area (Å²) in [5.41, 5.74) is 6.74. The number of hydrogen-bond acceptors (Lipinski definition) is 4. The number of aliphatic hydroxyl groups is 1. The summed E-state index contributed by atoms with van der Waals surface area (Å²) in [6.07, 6.45) is 0.267. The van der Waals surface area contributed by atoms with Gasteiger partial charge in [-0.05, 0) is 51.3 Å². The van der Waals surface area contributed by atoms with Gasteiger partial charge >= 0.3 is 6.09 Å². The van der Waals surface area contributed by atoms with Gasteiger partial charge in [0.05, 0.1) is 6.10 Å². The van der Waals surface area contributed by atoms with Gasteiger partial charge in [0.1, 0.15) is 5.60 Å². The average molecular weight is 278 g/mol. The molecule has 1 fully saturated rings. The van der Waals surface area contributed by atoms with E-state index in [0.717, 1.165) is 5.56 Å². The van der Waals surface area contributed by atoms with Crippen LogP contribution in [0.4, 0.5) is 10.5 Å². The van der Waals surface area contributed by atoms with Crippen LogP contribution in [-0.2, 0) is 10.3 Å². The quantitative estimate of drug-likeness (QED) is 0.775. The monoisotopic (exact) mass is 278 g/mol. The van der Waals surface area contributed by atoms with Gasteiger partial charge in [-0.25, -0.2) is 4.79 Å². The molecule has 0 saturated heterocycles. The van der Waals surface area contributed by atoms with E-state index in [-0.39, 0.29) is 6.10 Å². The molecule has 1 amide bonds. The largest absolute Gasteiger partial charge is 0.444 e. The molecule has 0 atom stereocenters. The van der Waals surface area contributed by atoms with Crippen molar-refractivity contribution >= 4 is 11.8 Å². The van der Waals surface area contributed by atoms with Gasteiger partial charge in [-0.1, -0.05) is 12.1 Å². The minimum Gasteiger partial charge on any atom is -0.444 e. The third-order valence-electron chi connectivity index (χ3n) is 3.28. The number of carbonyl (C=O) groups excluding carboxylic acids is 1. The Balaban J connectivity index is 2.05. The summed E-state index contributed by atoms with van der Waals surface area (Å²) in [6.45, 7) is 5.44. The summed E-state index contributed by atoms with van der Waals surface area (Å²) in [5.74, 6) is 0. The van der Waals surface area contributed by atoms with Crippen LogP contribution < -0.4 is 11.1 Å². The Morgan fingerprint density at radius 3 is 2.65 bits per heavy atom. The molecule has 0 aromatic heterocycles. The van der Waals surface area contributed by atoms with Crippen LogP contribution >= 0.6 is 0 Å². The number of hydrogen-bond donors (Lipinski definition) is 3. The maximum absolute atomic E-state index is 11.7. The molecule has 0 bridgehead atoms. The highest BCUT2D eigenvalue weighted by atomic mass is 16.6. The molecular weight excluding hydrogens is 256 g/mol. The summed E-state index contributed by atoms with van der Waals surface area (Å²) >= 11 is 0. The van der Waals surface area contributed by atoms with E-state index in [4.69, 9.17) is 10.5 Å². The molecule has 0 unspecified atom stereocenters. The molecular formula is C15H22N2O3. The Kier molecular flexibility index (Phi) is 3.75. The Labute approximate surface area is 119 Å². The lowest BCUT2D eigenvalue weighted by Gasteiger charge is -2.42. The van der Waals surface area contributed by atoms with Crippen molar-refractivity contribution in [3.05, 3.63) is 29.8 Å². The first-order valence-corrected chi connectivity index (χ1v) is 6.75. The second-order valence-electron chi connectivity index (χ2n) is 6.43. The highest BCUT2D eigenvalue weighted by Crippen LogP contribution is 2.39. The maximum Gasteiger partial charge on any atom is 0.412 e. The van der Waals surface area contributed by atoms with E-state index in [9.17, 15) is 9.90 Å². The number of carbonyl (C=O) groups is 1. The second kappa shape index (κ2) is 5.07. The predicted molar refractivity (Wildman–Crippen MR) is 77.4 cm³/mol. The highest BCUT2D eigenvalue weighted by Gasteiger charge is 2.41. The Morgan fingerprint density at radius 1 is 1.45 bits per heavy atom. The van der Waals surface area contributed by atoms with Crippen LogP contribution in [0, 0.1) is 0 Å². The minimum absolute atomic E-state index is 0.331. The molecule has 1 aromatic rings. The maximum atomic E-state index is 11.7. The fraction of sp³-hybridized carbons (Fsp3) is 0.533. The first kappa shape index (κ1) is 14.8. The van der Waals surface area contributed by atoms with E-state index >= 15 is 0 Å². The lowest BCUT2D eigenvalue weighted by molar-refractivity contribution is 0.0209. The van der Waals surface area contributed by atoms with Crippen LogP contribution in [0.25, 0.3) is 0 Å². The molecule has 0 aliphatic heterocycles. The first-order valence-electron chi connectivity index (χ1n) is 6.75. The number of benzene rings is 1. The van der Waals surface area contributed by atoms with Gasteiger partial charge in [-0.2, -0.15) is 0 Å². The van der Waals surface area contributed by atoms with Gasteiger partial charge < -0.3 is 15.6 Å². The van der Waals surface area contributed by atoms with E-state index in [1.54, 1.807) is 6.07 Å². The van der Waals surface area contributed by atoms with Gasteiger partial charge in [-0.15, -0.1) is 0 Å². The summed E-state index contributed by atoms with van der Waals surface area (Å²) in [4.78, 5) is 11.7. The van der Waals surface area contributed by atoms with Crippen LogP contribution in [0.15, 0.2) is 24.3 Å². The number of nitrogens with one attached hydrogen (secondary N) is 1. The number of rotatable bonds is 2. The van der Waals surface area contributed by atoms with E-state index in [1.165, 1.54) is 0 Å². The van der Waals surface area contributed by atoms with Gasteiger partial charge in [0.2, 0.25) is 0 Å². The fourth-order valence-electron chi connectivity index (χ4n) is 2.34. The van der Waals surface area contributed by atoms with Crippen molar-refractivity contribution in [3.8, 4) is 0 Å². The van der Waals surface area contributed by atoms with Crippen molar-refractivity contribution < 1.29 is 14.6 Å². The second-order valence-corrected chi connectivity index (χ2v) is 6.43. The molecule has 1 saturated carbocycles. The number of anilines is 1. The molecule has 0 spiro atoms. The smallest absolute Gasteiger partial charge is 0.412 e. The topological polar surface area (TPSA) is 84.6 Å². The molecule has 1 aliphatic rings. The van der Waals surface area contributed by atoms with Gasteiger partial charge in [0.25, 0.3) is 0 Å². The average Bonchev–Trinajstić information content (AvgIpc) is 2.24. The van der Waals surface area contributed by atoms with Crippen molar-refractivity contribution in [2.75, 3.05) is 5.32 Å². The van der Waals surface area contributed by atoms with Gasteiger partial charge in [0.15, 0.2) is 0 Å². The number of ether oxygens (including phenoxy) is 1. The van der Waals surface area contributed by atoms with E-state index in [1.807, 2.05) is 39.0 Å².